The maximum absolute atomic E-state index is 13.3. The van der Waals surface area contributed by atoms with Crippen molar-refractivity contribution in [1.82, 2.24) is 5.16 Å². The van der Waals surface area contributed by atoms with Gasteiger partial charge in [-0.2, -0.15) is 0 Å². The molecule has 1 aliphatic rings. The molecule has 4 aromatic rings. The van der Waals surface area contributed by atoms with Gasteiger partial charge in [-0.15, -0.1) is 0 Å². The van der Waals surface area contributed by atoms with Gasteiger partial charge in [-0.05, 0) is 41.5 Å². The average Bonchev–Trinajstić information content (AvgIpc) is 3.42. The summed E-state index contributed by atoms with van der Waals surface area (Å²) in [4.78, 5) is 27.8. The molecule has 1 unspecified atom stereocenters. The van der Waals surface area contributed by atoms with Crippen LogP contribution in [0.15, 0.2) is 95.5 Å². The van der Waals surface area contributed by atoms with E-state index >= 15 is 0 Å². The molecule has 1 N–H and O–H groups in total. The highest BCUT2D eigenvalue weighted by Crippen LogP contribution is 2.42. The zero-order chi connectivity index (χ0) is 24.5. The zero-order valence-corrected chi connectivity index (χ0v) is 19.0. The van der Waals surface area contributed by atoms with Crippen molar-refractivity contribution in [3.05, 3.63) is 108 Å². The monoisotopic (exact) mass is 466 g/mol. The highest BCUT2D eigenvalue weighted by molar-refractivity contribution is 6.51. The predicted octanol–water partition coefficient (Wildman–Crippen LogP) is 5.33. The van der Waals surface area contributed by atoms with Crippen LogP contribution in [0.2, 0.25) is 0 Å². The molecular weight excluding hydrogens is 444 g/mol. The molecule has 1 aromatic heterocycles. The molecule has 174 valence electrons. The second-order valence-electron chi connectivity index (χ2n) is 8.20. The van der Waals surface area contributed by atoms with E-state index in [1.807, 2.05) is 30.3 Å². The first-order valence-corrected chi connectivity index (χ1v) is 11.0. The van der Waals surface area contributed by atoms with Gasteiger partial charge in [-0.25, -0.2) is 0 Å². The summed E-state index contributed by atoms with van der Waals surface area (Å²) in [6.07, 6.45) is 1.62. The van der Waals surface area contributed by atoms with E-state index in [-0.39, 0.29) is 17.2 Å². The molecule has 1 aliphatic heterocycles. The molecule has 0 spiro atoms. The van der Waals surface area contributed by atoms with Crippen LogP contribution in [-0.2, 0) is 9.59 Å². The number of ether oxygens (including phenoxy) is 1. The number of hydrogen-bond donors (Lipinski definition) is 1. The number of hydrogen-bond acceptors (Lipinski definition) is 6. The average molecular weight is 466 g/mol. The highest BCUT2D eigenvalue weighted by atomic mass is 16.5. The molecule has 35 heavy (non-hydrogen) atoms. The zero-order valence-electron chi connectivity index (χ0n) is 19.0. The number of rotatable bonds is 6. The Labute approximate surface area is 201 Å². The van der Waals surface area contributed by atoms with E-state index in [0.717, 1.165) is 10.8 Å². The summed E-state index contributed by atoms with van der Waals surface area (Å²) in [6, 6.07) is 20.7. The molecule has 0 radical (unpaired) electrons. The number of aliphatic hydroxyl groups is 1. The van der Waals surface area contributed by atoms with Crippen LogP contribution in [-0.4, -0.2) is 28.6 Å². The largest absolute Gasteiger partial charge is 0.507 e. The van der Waals surface area contributed by atoms with Crippen molar-refractivity contribution in [2.75, 3.05) is 11.5 Å². The Morgan fingerprint density at radius 2 is 1.89 bits per heavy atom. The number of aliphatic hydroxyl groups excluding tert-OH is 1. The van der Waals surface area contributed by atoms with Crippen LogP contribution in [0.3, 0.4) is 0 Å². The fourth-order valence-corrected chi connectivity index (χ4v) is 4.27. The van der Waals surface area contributed by atoms with Crippen LogP contribution in [0.4, 0.5) is 5.82 Å². The van der Waals surface area contributed by atoms with Gasteiger partial charge in [-0.3, -0.25) is 14.5 Å². The molecule has 5 rings (SSSR count). The minimum atomic E-state index is -0.932. The van der Waals surface area contributed by atoms with Gasteiger partial charge in [0.05, 0.1) is 11.6 Å². The number of nitrogens with zero attached hydrogens (tertiary/aromatic N) is 2. The van der Waals surface area contributed by atoms with Gasteiger partial charge >= 0.3 is 5.91 Å². The maximum Gasteiger partial charge on any atom is 0.301 e. The van der Waals surface area contributed by atoms with E-state index in [2.05, 4.69) is 11.7 Å². The summed E-state index contributed by atoms with van der Waals surface area (Å²) in [5.41, 5.74) is 0.975. The molecule has 7 nitrogen and oxygen atoms in total. The lowest BCUT2D eigenvalue weighted by Gasteiger charge is -2.23. The summed E-state index contributed by atoms with van der Waals surface area (Å²) in [5, 5.41) is 17.2. The van der Waals surface area contributed by atoms with Crippen molar-refractivity contribution in [3.8, 4) is 5.75 Å². The van der Waals surface area contributed by atoms with E-state index in [1.54, 1.807) is 55.5 Å². The first-order chi connectivity index (χ1) is 17.0. The summed E-state index contributed by atoms with van der Waals surface area (Å²) in [6.45, 7) is 5.65. The van der Waals surface area contributed by atoms with Gasteiger partial charge in [0, 0.05) is 11.6 Å². The number of anilines is 1. The smallest absolute Gasteiger partial charge is 0.301 e. The van der Waals surface area contributed by atoms with Crippen molar-refractivity contribution in [2.24, 2.45) is 0 Å². The number of carbonyl (C=O) groups is 2. The van der Waals surface area contributed by atoms with Crippen LogP contribution in [0, 0.1) is 6.92 Å². The lowest BCUT2D eigenvalue weighted by Crippen LogP contribution is -2.29. The summed E-state index contributed by atoms with van der Waals surface area (Å²) in [5.74, 6) is -0.668. The molecule has 1 fully saturated rings. The number of amides is 1. The number of aryl methyl sites for hydroxylation is 1. The first-order valence-electron chi connectivity index (χ1n) is 11.0. The number of aromatic nitrogens is 1. The van der Waals surface area contributed by atoms with Crippen molar-refractivity contribution in [3.63, 3.8) is 0 Å². The van der Waals surface area contributed by atoms with Gasteiger partial charge in [0.2, 0.25) is 0 Å². The lowest BCUT2D eigenvalue weighted by atomic mass is 9.94. The van der Waals surface area contributed by atoms with E-state index in [9.17, 15) is 14.7 Å². The number of benzene rings is 3. The topological polar surface area (TPSA) is 92.9 Å². The van der Waals surface area contributed by atoms with Gasteiger partial charge in [0.25, 0.3) is 5.78 Å². The van der Waals surface area contributed by atoms with Gasteiger partial charge in [-0.1, -0.05) is 66.3 Å². The molecule has 2 heterocycles. The van der Waals surface area contributed by atoms with E-state index in [0.29, 0.717) is 29.2 Å². The Morgan fingerprint density at radius 3 is 2.63 bits per heavy atom. The summed E-state index contributed by atoms with van der Waals surface area (Å²) in [7, 11) is 0. The molecule has 0 saturated carbocycles. The molecule has 7 heteroatoms. The Hall–Kier alpha value is -4.65. The molecule has 0 bridgehead atoms. The van der Waals surface area contributed by atoms with E-state index in [1.165, 1.54) is 4.90 Å². The van der Waals surface area contributed by atoms with Crippen molar-refractivity contribution < 1.29 is 24.0 Å². The molecule has 1 amide bonds. The molecule has 1 atom stereocenters. The van der Waals surface area contributed by atoms with E-state index in [4.69, 9.17) is 9.26 Å². The van der Waals surface area contributed by atoms with Crippen molar-refractivity contribution >= 4 is 34.0 Å². The maximum atomic E-state index is 13.3. The minimum absolute atomic E-state index is 0.0354. The summed E-state index contributed by atoms with van der Waals surface area (Å²) < 4.78 is 10.8. The molecule has 0 aliphatic carbocycles. The van der Waals surface area contributed by atoms with Gasteiger partial charge in [0.15, 0.2) is 5.82 Å². The van der Waals surface area contributed by atoms with Crippen molar-refractivity contribution in [2.45, 2.75) is 13.0 Å². The highest BCUT2D eigenvalue weighted by Gasteiger charge is 2.48. The van der Waals surface area contributed by atoms with Crippen LogP contribution in [0.5, 0.6) is 5.75 Å². The normalized spacial score (nSPS) is 17.2. The number of ketones is 1. The SMILES string of the molecule is C=CCOc1cccc(C2/C(=C(\O)c3ccc4ccccc4c3)C(=O)C(=O)N2c2cc(C)on2)c1. The van der Waals surface area contributed by atoms with Gasteiger partial charge < -0.3 is 14.4 Å². The van der Waals surface area contributed by atoms with Gasteiger partial charge in [0.1, 0.15) is 23.9 Å². The lowest BCUT2D eigenvalue weighted by molar-refractivity contribution is -0.132. The third-order valence-corrected chi connectivity index (χ3v) is 5.87. The van der Waals surface area contributed by atoms with Crippen LogP contribution >= 0.6 is 0 Å². The second kappa shape index (κ2) is 8.95. The van der Waals surface area contributed by atoms with Crippen LogP contribution in [0.25, 0.3) is 16.5 Å². The Kier molecular flexibility index (Phi) is 5.66. The standard InChI is InChI=1S/C28H22N2O5/c1-3-13-34-22-10-6-9-20(16-22)25-24(27(32)28(33)30(25)23-14-17(2)35-29-23)26(31)21-12-11-18-7-4-5-8-19(18)15-21/h3-12,14-16,25,31H,1,13H2,2H3/b26-24+. The Bertz CT molecular complexity index is 1500. The quantitative estimate of drug-likeness (QED) is 0.179. The predicted molar refractivity (Wildman–Crippen MR) is 132 cm³/mol. The number of carbonyl (C=O) groups excluding carboxylic acids is 2. The van der Waals surface area contributed by atoms with E-state index < -0.39 is 17.7 Å². The molecule has 1 saturated heterocycles. The minimum Gasteiger partial charge on any atom is -0.507 e. The summed E-state index contributed by atoms with van der Waals surface area (Å²) >= 11 is 0. The van der Waals surface area contributed by atoms with Crippen LogP contribution in [0.1, 0.15) is 22.9 Å². The number of fused-ring (bicyclic) bond motifs is 1. The third-order valence-electron chi connectivity index (χ3n) is 5.87. The van der Waals surface area contributed by atoms with Crippen LogP contribution < -0.4 is 9.64 Å². The first kappa shape index (κ1) is 22.2. The fourth-order valence-electron chi connectivity index (χ4n) is 4.27. The molecular formula is C28H22N2O5. The fraction of sp³-hybridized carbons (Fsp3) is 0.107. The molecule has 3 aromatic carbocycles. The Balaban J connectivity index is 1.70. The Morgan fingerprint density at radius 1 is 1.09 bits per heavy atom. The number of Topliss-reactive ketones (excluding diaryl/α,β-unsaturated/α-hetero) is 1. The second-order valence-corrected chi connectivity index (χ2v) is 8.20. The van der Waals surface area contributed by atoms with Crippen molar-refractivity contribution in [1.29, 1.82) is 0 Å². The third kappa shape index (κ3) is 3.97.